The van der Waals surface area contributed by atoms with E-state index in [1.807, 2.05) is 0 Å². The molecule has 0 bridgehead atoms. The predicted molar refractivity (Wildman–Crippen MR) is 129 cm³/mol. The lowest BCUT2D eigenvalue weighted by atomic mass is 10.0. The smallest absolute Gasteiger partial charge is 0.326 e. The lowest BCUT2D eigenvalue weighted by Crippen LogP contribution is -2.55. The van der Waals surface area contributed by atoms with Crippen LogP contribution in [0, 0.1) is 5.92 Å². The van der Waals surface area contributed by atoms with Gasteiger partial charge in [-0.3, -0.25) is 14.4 Å². The normalized spacial score (nSPS) is 13.4. The van der Waals surface area contributed by atoms with Gasteiger partial charge in [-0.05, 0) is 29.2 Å². The molecule has 0 saturated heterocycles. The number of nitrogens with one attached hydrogen (secondary N) is 3. The fraction of sp³-hybridized carbons (Fsp3) is 0.360. The number of aliphatic carboxylic acids is 1. The van der Waals surface area contributed by atoms with Gasteiger partial charge in [0.25, 0.3) is 0 Å². The van der Waals surface area contributed by atoms with Crippen LogP contribution in [0.25, 0.3) is 0 Å². The largest absolute Gasteiger partial charge is 0.508 e. The van der Waals surface area contributed by atoms with Crippen LogP contribution in [0.4, 0.5) is 0 Å². The molecule has 35 heavy (non-hydrogen) atoms. The van der Waals surface area contributed by atoms with Crippen LogP contribution in [0.1, 0.15) is 25.0 Å². The molecule has 10 heteroatoms. The highest BCUT2D eigenvalue weighted by Crippen LogP contribution is 2.12. The number of phenols is 1. The predicted octanol–water partition coefficient (Wildman–Crippen LogP) is 0.331. The Bertz CT molecular complexity index is 1010. The zero-order valence-electron chi connectivity index (χ0n) is 19.7. The molecule has 10 nitrogen and oxygen atoms in total. The molecule has 2 rings (SSSR count). The molecule has 0 fully saturated rings. The van der Waals surface area contributed by atoms with Crippen LogP contribution in [0.2, 0.25) is 0 Å². The molecule has 188 valence electrons. The molecule has 0 aliphatic heterocycles. The number of phenolic OH excluding ortho intramolecular Hbond substituents is 1. The Labute approximate surface area is 203 Å². The lowest BCUT2D eigenvalue weighted by Gasteiger charge is -2.22. The van der Waals surface area contributed by atoms with Crippen molar-refractivity contribution in [2.45, 2.75) is 44.8 Å². The Morgan fingerprint density at radius 1 is 0.829 bits per heavy atom. The third-order valence-corrected chi connectivity index (χ3v) is 5.37. The summed E-state index contributed by atoms with van der Waals surface area (Å²) < 4.78 is 0. The van der Waals surface area contributed by atoms with Crippen LogP contribution in [-0.4, -0.2) is 58.6 Å². The summed E-state index contributed by atoms with van der Waals surface area (Å²) in [5.74, 6) is -3.13. The van der Waals surface area contributed by atoms with Gasteiger partial charge >= 0.3 is 5.97 Å². The fourth-order valence-electron chi connectivity index (χ4n) is 3.23. The van der Waals surface area contributed by atoms with E-state index in [4.69, 9.17) is 5.73 Å². The first-order chi connectivity index (χ1) is 16.6. The number of nitrogens with two attached hydrogens (primary N) is 1. The minimum Gasteiger partial charge on any atom is -0.508 e. The molecular formula is C25H32N4O6. The second-order valence-corrected chi connectivity index (χ2v) is 8.57. The summed E-state index contributed by atoms with van der Waals surface area (Å²) in [6.07, 6.45) is 0.179. The molecule has 0 aliphatic rings. The van der Waals surface area contributed by atoms with Crippen molar-refractivity contribution >= 4 is 23.7 Å². The molecule has 0 radical (unpaired) electrons. The highest BCUT2D eigenvalue weighted by atomic mass is 16.4. The summed E-state index contributed by atoms with van der Waals surface area (Å²) in [7, 11) is 0. The van der Waals surface area contributed by atoms with Crippen molar-refractivity contribution in [2.75, 3.05) is 6.54 Å². The van der Waals surface area contributed by atoms with E-state index in [2.05, 4.69) is 16.0 Å². The quantitative estimate of drug-likeness (QED) is 0.252. The second-order valence-electron chi connectivity index (χ2n) is 8.57. The van der Waals surface area contributed by atoms with Crippen molar-refractivity contribution in [3.8, 4) is 5.75 Å². The molecule has 3 unspecified atom stereocenters. The van der Waals surface area contributed by atoms with Crippen LogP contribution in [0.15, 0.2) is 54.6 Å². The third kappa shape index (κ3) is 9.09. The highest BCUT2D eigenvalue weighted by Gasteiger charge is 2.26. The number of carbonyl (C=O) groups is 4. The van der Waals surface area contributed by atoms with Crippen molar-refractivity contribution in [3.05, 3.63) is 65.7 Å². The van der Waals surface area contributed by atoms with Crippen LogP contribution >= 0.6 is 0 Å². The van der Waals surface area contributed by atoms with Crippen LogP contribution in [-0.2, 0) is 32.0 Å². The van der Waals surface area contributed by atoms with Crippen molar-refractivity contribution in [1.29, 1.82) is 0 Å². The van der Waals surface area contributed by atoms with Crippen LogP contribution in [0.3, 0.4) is 0 Å². The third-order valence-electron chi connectivity index (χ3n) is 5.37. The Hall–Kier alpha value is -3.92. The molecular weight excluding hydrogens is 452 g/mol. The van der Waals surface area contributed by atoms with Gasteiger partial charge in [-0.1, -0.05) is 56.3 Å². The number of benzene rings is 2. The monoisotopic (exact) mass is 484 g/mol. The van der Waals surface area contributed by atoms with Gasteiger partial charge in [0.15, 0.2) is 0 Å². The molecule has 0 spiro atoms. The molecule has 3 atom stereocenters. The summed E-state index contributed by atoms with van der Waals surface area (Å²) in [5, 5.41) is 26.4. The number of carboxylic acids is 1. The first-order valence-electron chi connectivity index (χ1n) is 11.2. The SMILES string of the molecule is CC(C)C(N)C(=O)NC(Cc1ccc(O)cc1)C(=O)NCC(=O)NC(Cc1ccccc1)C(=O)O. The number of aromatic hydroxyl groups is 1. The summed E-state index contributed by atoms with van der Waals surface area (Å²) >= 11 is 0. The second kappa shape index (κ2) is 13.1. The van der Waals surface area contributed by atoms with E-state index in [-0.39, 0.29) is 24.5 Å². The number of hydrogen-bond donors (Lipinski definition) is 6. The van der Waals surface area contributed by atoms with Gasteiger partial charge in [0.05, 0.1) is 12.6 Å². The van der Waals surface area contributed by atoms with E-state index in [0.29, 0.717) is 5.56 Å². The van der Waals surface area contributed by atoms with Crippen molar-refractivity contribution in [3.63, 3.8) is 0 Å². The van der Waals surface area contributed by atoms with Crippen LogP contribution in [0.5, 0.6) is 5.75 Å². The Kier molecular flexibility index (Phi) is 10.2. The summed E-state index contributed by atoms with van der Waals surface area (Å²) in [6.45, 7) is 3.07. The minimum atomic E-state index is -1.20. The first kappa shape index (κ1) is 27.3. The standard InChI is InChI=1S/C25H32N4O6/c1-15(2)22(26)24(33)29-19(12-17-8-10-18(30)11-9-17)23(32)27-14-21(31)28-20(25(34)35)13-16-6-4-3-5-7-16/h3-11,15,19-20,22,30H,12-14,26H2,1-2H3,(H,27,32)(H,28,31)(H,29,33)(H,34,35). The summed E-state index contributed by atoms with van der Waals surface area (Å²) in [4.78, 5) is 49.3. The molecule has 0 aliphatic carbocycles. The average molecular weight is 485 g/mol. The van der Waals surface area contributed by atoms with Gasteiger partial charge in [0, 0.05) is 12.8 Å². The average Bonchev–Trinajstić information content (AvgIpc) is 2.82. The Balaban J connectivity index is 2.02. The fourth-order valence-corrected chi connectivity index (χ4v) is 3.23. The van der Waals surface area contributed by atoms with E-state index >= 15 is 0 Å². The van der Waals surface area contributed by atoms with Crippen LogP contribution < -0.4 is 21.7 Å². The number of rotatable bonds is 12. The molecule has 2 aromatic carbocycles. The Morgan fingerprint density at radius 3 is 1.97 bits per heavy atom. The molecule has 0 aromatic heterocycles. The van der Waals surface area contributed by atoms with Crippen molar-refractivity contribution in [1.82, 2.24) is 16.0 Å². The number of carbonyl (C=O) groups excluding carboxylic acids is 3. The summed E-state index contributed by atoms with van der Waals surface area (Å²) in [5.41, 5.74) is 7.30. The van der Waals surface area contributed by atoms with Gasteiger partial charge in [0.2, 0.25) is 17.7 Å². The molecule has 0 saturated carbocycles. The zero-order chi connectivity index (χ0) is 26.0. The van der Waals surface area contributed by atoms with Gasteiger partial charge in [-0.2, -0.15) is 0 Å². The molecule has 3 amide bonds. The first-order valence-corrected chi connectivity index (χ1v) is 11.2. The number of hydrogen-bond acceptors (Lipinski definition) is 6. The zero-order valence-corrected chi connectivity index (χ0v) is 19.7. The maximum Gasteiger partial charge on any atom is 0.326 e. The number of amides is 3. The van der Waals surface area contributed by atoms with Gasteiger partial charge in [-0.15, -0.1) is 0 Å². The van der Waals surface area contributed by atoms with E-state index in [0.717, 1.165) is 5.56 Å². The van der Waals surface area contributed by atoms with Gasteiger partial charge in [-0.25, -0.2) is 4.79 Å². The van der Waals surface area contributed by atoms with E-state index in [1.54, 1.807) is 56.3 Å². The minimum absolute atomic E-state index is 0.0563. The topological polar surface area (TPSA) is 171 Å². The maximum absolute atomic E-state index is 12.8. The van der Waals surface area contributed by atoms with E-state index in [1.165, 1.54) is 12.1 Å². The molecule has 2 aromatic rings. The number of carboxylic acid groups (broad SMARTS) is 1. The van der Waals surface area contributed by atoms with Gasteiger partial charge in [0.1, 0.15) is 17.8 Å². The van der Waals surface area contributed by atoms with Crippen molar-refractivity contribution in [2.24, 2.45) is 11.7 Å². The van der Waals surface area contributed by atoms with E-state index < -0.39 is 48.4 Å². The highest BCUT2D eigenvalue weighted by molar-refractivity contribution is 5.92. The summed E-state index contributed by atoms with van der Waals surface area (Å²) in [6, 6.07) is 11.9. The molecule has 0 heterocycles. The molecule has 7 N–H and O–H groups in total. The lowest BCUT2D eigenvalue weighted by molar-refractivity contribution is -0.141. The van der Waals surface area contributed by atoms with Crippen molar-refractivity contribution < 1.29 is 29.4 Å². The Morgan fingerprint density at radius 2 is 1.40 bits per heavy atom. The van der Waals surface area contributed by atoms with Gasteiger partial charge < -0.3 is 31.9 Å². The van der Waals surface area contributed by atoms with E-state index in [9.17, 15) is 29.4 Å². The maximum atomic E-state index is 12.8.